The van der Waals surface area contributed by atoms with E-state index in [1.54, 1.807) is 24.0 Å². The van der Waals surface area contributed by atoms with Crippen LogP contribution < -0.4 is 5.32 Å². The second kappa shape index (κ2) is 9.11. The number of nitrogens with one attached hydrogen (secondary N) is 1. The van der Waals surface area contributed by atoms with Gasteiger partial charge in [0, 0.05) is 38.3 Å². The zero-order valence-electron chi connectivity index (χ0n) is 19.5. The van der Waals surface area contributed by atoms with Crippen molar-refractivity contribution in [1.82, 2.24) is 20.0 Å². The van der Waals surface area contributed by atoms with Gasteiger partial charge in [0.25, 0.3) is 5.91 Å². The van der Waals surface area contributed by atoms with Crippen molar-refractivity contribution >= 4 is 28.6 Å². The van der Waals surface area contributed by atoms with E-state index in [1.807, 2.05) is 48.5 Å². The number of benzene rings is 3. The van der Waals surface area contributed by atoms with E-state index in [2.05, 4.69) is 10.2 Å². The molecule has 2 aliphatic rings. The lowest BCUT2D eigenvalue weighted by molar-refractivity contribution is -0.139. The van der Waals surface area contributed by atoms with E-state index < -0.39 is 17.5 Å². The molecule has 4 amide bonds. The lowest BCUT2D eigenvalue weighted by Gasteiger charge is -2.35. The molecule has 0 spiro atoms. The first-order chi connectivity index (χ1) is 16.8. The fourth-order valence-electron chi connectivity index (χ4n) is 4.79. The van der Waals surface area contributed by atoms with Gasteiger partial charge in [0.2, 0.25) is 5.91 Å². The third-order valence-electron chi connectivity index (χ3n) is 6.97. The number of amides is 4. The van der Waals surface area contributed by atoms with Crippen molar-refractivity contribution in [2.75, 3.05) is 32.7 Å². The highest BCUT2D eigenvalue weighted by molar-refractivity contribution is 6.09. The van der Waals surface area contributed by atoms with Crippen LogP contribution in [-0.4, -0.2) is 65.3 Å². The van der Waals surface area contributed by atoms with Crippen LogP contribution in [0.2, 0.25) is 0 Å². The van der Waals surface area contributed by atoms with Gasteiger partial charge >= 0.3 is 6.03 Å². The molecular weight excluding hydrogens is 447 g/mol. The Balaban J connectivity index is 1.22. The standard InChI is InChI=1S/C27H27FN4O3/c1-27(22-11-10-19-6-2-3-7-20(19)16-22)25(34)32(26(35)29-27)18-24(33)31-14-12-30(13-15-31)17-21-8-4-5-9-23(21)28/h2-11,16H,12-15,17-18H2,1H3,(H,29,35)/t27-/m0/s1. The summed E-state index contributed by atoms with van der Waals surface area (Å²) in [6.45, 7) is 3.94. The zero-order chi connectivity index (χ0) is 24.6. The average Bonchev–Trinajstić information content (AvgIpc) is 3.09. The number of halogens is 1. The molecule has 0 saturated carbocycles. The van der Waals surface area contributed by atoms with Crippen LogP contribution in [0.15, 0.2) is 66.7 Å². The predicted molar refractivity (Wildman–Crippen MR) is 130 cm³/mol. The van der Waals surface area contributed by atoms with Crippen LogP contribution in [0.1, 0.15) is 18.1 Å². The van der Waals surface area contributed by atoms with E-state index in [9.17, 15) is 18.8 Å². The minimum Gasteiger partial charge on any atom is -0.339 e. The van der Waals surface area contributed by atoms with Crippen LogP contribution in [0, 0.1) is 5.82 Å². The molecule has 35 heavy (non-hydrogen) atoms. The Labute approximate surface area is 203 Å². The SMILES string of the molecule is C[C@@]1(c2ccc3ccccc3c2)NC(=O)N(CC(=O)N2CCN(Cc3ccccc3F)CC2)C1=O. The van der Waals surface area contributed by atoms with Crippen molar-refractivity contribution in [1.29, 1.82) is 0 Å². The van der Waals surface area contributed by atoms with Gasteiger partial charge in [-0.25, -0.2) is 9.18 Å². The smallest absolute Gasteiger partial charge is 0.325 e. The minimum atomic E-state index is -1.24. The molecule has 5 rings (SSSR count). The minimum absolute atomic E-state index is 0.237. The highest BCUT2D eigenvalue weighted by atomic mass is 19.1. The maximum absolute atomic E-state index is 13.9. The third-order valence-corrected chi connectivity index (χ3v) is 6.97. The molecule has 2 heterocycles. The first-order valence-corrected chi connectivity index (χ1v) is 11.7. The summed E-state index contributed by atoms with van der Waals surface area (Å²) in [5, 5.41) is 4.79. The number of carbonyl (C=O) groups excluding carboxylic acids is 3. The largest absolute Gasteiger partial charge is 0.339 e. The molecule has 0 unspecified atom stereocenters. The Morgan fingerprint density at radius 1 is 0.943 bits per heavy atom. The van der Waals surface area contributed by atoms with Crippen LogP contribution >= 0.6 is 0 Å². The molecule has 1 N–H and O–H groups in total. The highest BCUT2D eigenvalue weighted by Gasteiger charge is 2.49. The van der Waals surface area contributed by atoms with E-state index in [-0.39, 0.29) is 18.3 Å². The first kappa shape index (κ1) is 23.0. The number of rotatable bonds is 5. The van der Waals surface area contributed by atoms with Gasteiger partial charge in [-0.05, 0) is 35.4 Å². The van der Waals surface area contributed by atoms with Gasteiger partial charge in [0.15, 0.2) is 0 Å². The summed E-state index contributed by atoms with van der Waals surface area (Å²) in [5.41, 5.74) is 0.0608. The van der Waals surface area contributed by atoms with Gasteiger partial charge in [0.05, 0.1) is 0 Å². The molecule has 3 aromatic carbocycles. The molecule has 1 atom stereocenters. The average molecular weight is 475 g/mol. The monoisotopic (exact) mass is 474 g/mol. The van der Waals surface area contributed by atoms with E-state index in [4.69, 9.17) is 0 Å². The molecule has 2 saturated heterocycles. The number of piperazine rings is 1. The number of hydrogen-bond acceptors (Lipinski definition) is 4. The lowest BCUT2D eigenvalue weighted by atomic mass is 9.90. The molecule has 0 radical (unpaired) electrons. The number of fused-ring (bicyclic) bond motifs is 1. The topological polar surface area (TPSA) is 73.0 Å². The molecule has 0 aromatic heterocycles. The molecule has 0 aliphatic carbocycles. The van der Waals surface area contributed by atoms with Gasteiger partial charge < -0.3 is 10.2 Å². The Morgan fingerprint density at radius 2 is 1.63 bits per heavy atom. The molecule has 0 bridgehead atoms. The molecule has 7 nitrogen and oxygen atoms in total. The van der Waals surface area contributed by atoms with Crippen molar-refractivity contribution in [2.45, 2.75) is 19.0 Å². The van der Waals surface area contributed by atoms with Gasteiger partial charge in [-0.3, -0.25) is 19.4 Å². The molecule has 180 valence electrons. The van der Waals surface area contributed by atoms with Crippen molar-refractivity contribution in [3.05, 3.63) is 83.7 Å². The Bertz CT molecular complexity index is 1300. The molecular formula is C27H27FN4O3. The third kappa shape index (κ3) is 4.37. The maximum Gasteiger partial charge on any atom is 0.325 e. The molecule has 2 fully saturated rings. The van der Waals surface area contributed by atoms with E-state index in [1.165, 1.54) is 6.07 Å². The summed E-state index contributed by atoms with van der Waals surface area (Å²) in [6, 6.07) is 19.6. The van der Waals surface area contributed by atoms with Gasteiger partial charge in [-0.1, -0.05) is 54.6 Å². The fraction of sp³-hybridized carbons (Fsp3) is 0.296. The normalized spacial score (nSPS) is 21.0. The van der Waals surface area contributed by atoms with Crippen molar-refractivity contribution < 1.29 is 18.8 Å². The summed E-state index contributed by atoms with van der Waals surface area (Å²) in [7, 11) is 0. The molecule has 3 aromatic rings. The molecule has 8 heteroatoms. The summed E-state index contributed by atoms with van der Waals surface area (Å²) in [5.74, 6) is -0.954. The number of imide groups is 1. The van der Waals surface area contributed by atoms with E-state index >= 15 is 0 Å². The highest BCUT2D eigenvalue weighted by Crippen LogP contribution is 2.31. The Morgan fingerprint density at radius 3 is 2.37 bits per heavy atom. The number of carbonyl (C=O) groups is 3. The van der Waals surface area contributed by atoms with Gasteiger partial charge in [-0.15, -0.1) is 0 Å². The van der Waals surface area contributed by atoms with E-state index in [0.29, 0.717) is 43.9 Å². The summed E-state index contributed by atoms with van der Waals surface area (Å²) in [4.78, 5) is 43.7. The van der Waals surface area contributed by atoms with Crippen LogP contribution in [-0.2, 0) is 21.7 Å². The lowest BCUT2D eigenvalue weighted by Crippen LogP contribution is -2.51. The second-order valence-corrected chi connectivity index (χ2v) is 9.26. The van der Waals surface area contributed by atoms with Crippen molar-refractivity contribution in [3.63, 3.8) is 0 Å². The summed E-state index contributed by atoms with van der Waals surface area (Å²) >= 11 is 0. The fourth-order valence-corrected chi connectivity index (χ4v) is 4.79. The number of nitrogens with zero attached hydrogens (tertiary/aromatic N) is 3. The zero-order valence-corrected chi connectivity index (χ0v) is 19.5. The Kier molecular flexibility index (Phi) is 5.98. The van der Waals surface area contributed by atoms with Crippen LogP contribution in [0.4, 0.5) is 9.18 Å². The van der Waals surface area contributed by atoms with Crippen LogP contribution in [0.3, 0.4) is 0 Å². The number of hydrogen-bond donors (Lipinski definition) is 1. The first-order valence-electron chi connectivity index (χ1n) is 11.7. The Hall–Kier alpha value is -3.78. The van der Waals surface area contributed by atoms with Crippen molar-refractivity contribution in [3.8, 4) is 0 Å². The van der Waals surface area contributed by atoms with Crippen LogP contribution in [0.25, 0.3) is 10.8 Å². The summed E-state index contributed by atoms with van der Waals surface area (Å²) in [6.07, 6.45) is 0. The second-order valence-electron chi connectivity index (χ2n) is 9.26. The van der Waals surface area contributed by atoms with Gasteiger partial charge in [0.1, 0.15) is 17.9 Å². The van der Waals surface area contributed by atoms with Crippen LogP contribution in [0.5, 0.6) is 0 Å². The van der Waals surface area contributed by atoms with Crippen molar-refractivity contribution in [2.24, 2.45) is 0 Å². The molecule has 2 aliphatic heterocycles. The number of urea groups is 1. The maximum atomic E-state index is 13.9. The van der Waals surface area contributed by atoms with E-state index in [0.717, 1.165) is 15.7 Å². The van der Waals surface area contributed by atoms with Gasteiger partial charge in [-0.2, -0.15) is 0 Å². The quantitative estimate of drug-likeness (QED) is 0.577. The summed E-state index contributed by atoms with van der Waals surface area (Å²) < 4.78 is 13.9. The predicted octanol–water partition coefficient (Wildman–Crippen LogP) is 3.09.